The molecule has 0 bridgehead atoms. The van der Waals surface area contributed by atoms with Crippen LogP contribution in [0.3, 0.4) is 0 Å². The fourth-order valence-corrected chi connectivity index (χ4v) is 1.54. The molecule has 1 amide bonds. The Hall–Kier alpha value is -2.20. The Morgan fingerprint density at radius 2 is 2.11 bits per heavy atom. The fraction of sp³-hybridized carbons (Fsp3) is 0. The molecule has 1 aromatic heterocycles. The zero-order valence-corrected chi connectivity index (χ0v) is 10.1. The van der Waals surface area contributed by atoms with Crippen molar-refractivity contribution in [2.45, 2.75) is 0 Å². The lowest BCUT2D eigenvalue weighted by Crippen LogP contribution is -2.17. The molecule has 0 fully saturated rings. The minimum atomic E-state index is -0.347. The van der Waals surface area contributed by atoms with Gasteiger partial charge in [0.15, 0.2) is 0 Å². The lowest BCUT2D eigenvalue weighted by Gasteiger charge is -2.01. The number of carbonyl (C=O) groups is 1. The third-order valence-corrected chi connectivity index (χ3v) is 2.51. The van der Waals surface area contributed by atoms with Crippen LogP contribution < -0.4 is 5.43 Å². The van der Waals surface area contributed by atoms with Crippen LogP contribution in [0, 0.1) is 0 Å². The number of nitrogens with zero attached hydrogens (tertiary/aromatic N) is 2. The van der Waals surface area contributed by atoms with Crippen LogP contribution in [-0.2, 0) is 0 Å². The van der Waals surface area contributed by atoms with Crippen LogP contribution in [0.25, 0.3) is 0 Å². The second-order valence-electron chi connectivity index (χ2n) is 3.47. The molecular weight excluding hydrogens is 250 g/mol. The van der Waals surface area contributed by atoms with Gasteiger partial charge in [-0.25, -0.2) is 5.43 Å². The van der Waals surface area contributed by atoms with Gasteiger partial charge in [-0.15, -0.1) is 0 Å². The van der Waals surface area contributed by atoms with Crippen LogP contribution in [0.1, 0.15) is 15.9 Å². The first-order valence-corrected chi connectivity index (χ1v) is 5.63. The molecule has 0 aliphatic heterocycles. The monoisotopic (exact) mass is 259 g/mol. The molecule has 0 aliphatic carbocycles. The first-order valence-electron chi connectivity index (χ1n) is 5.25. The number of hydrazone groups is 1. The number of hydrogen-bond acceptors (Lipinski definition) is 3. The Balaban J connectivity index is 2.01. The summed E-state index contributed by atoms with van der Waals surface area (Å²) < 4.78 is 0. The number of aromatic nitrogens is 1. The Bertz CT molecular complexity index is 569. The molecule has 90 valence electrons. The lowest BCUT2D eigenvalue weighted by molar-refractivity contribution is 0.0955. The molecule has 1 aromatic carbocycles. The molecule has 2 aromatic rings. The molecule has 1 heterocycles. The Labute approximate surface area is 109 Å². The van der Waals surface area contributed by atoms with Crippen molar-refractivity contribution >= 4 is 23.7 Å². The van der Waals surface area contributed by atoms with Crippen molar-refractivity contribution in [3.8, 4) is 0 Å². The quantitative estimate of drug-likeness (QED) is 0.680. The van der Waals surface area contributed by atoms with E-state index in [4.69, 9.17) is 11.6 Å². The van der Waals surface area contributed by atoms with Crippen molar-refractivity contribution in [3.05, 3.63) is 64.9 Å². The van der Waals surface area contributed by atoms with Gasteiger partial charge in [-0.1, -0.05) is 29.8 Å². The molecule has 0 unspecified atom stereocenters. The van der Waals surface area contributed by atoms with E-state index in [2.05, 4.69) is 15.5 Å². The summed E-state index contributed by atoms with van der Waals surface area (Å²) in [6, 6.07) is 10.4. The average molecular weight is 260 g/mol. The molecule has 0 spiro atoms. The topological polar surface area (TPSA) is 54.4 Å². The van der Waals surface area contributed by atoms with Gasteiger partial charge in [0, 0.05) is 18.0 Å². The number of rotatable bonds is 3. The normalized spacial score (nSPS) is 10.5. The maximum atomic E-state index is 11.7. The van der Waals surface area contributed by atoms with Gasteiger partial charge in [-0.05, 0) is 18.2 Å². The smallest absolute Gasteiger partial charge is 0.267 e. The highest BCUT2D eigenvalue weighted by Gasteiger charge is 2.07. The van der Waals surface area contributed by atoms with Gasteiger partial charge in [-0.3, -0.25) is 9.78 Å². The van der Waals surface area contributed by atoms with Gasteiger partial charge in [-0.2, -0.15) is 5.10 Å². The second-order valence-corrected chi connectivity index (χ2v) is 3.87. The minimum Gasteiger partial charge on any atom is -0.267 e. The number of pyridine rings is 1. The van der Waals surface area contributed by atoms with Crippen LogP contribution in [0.15, 0.2) is 53.9 Å². The van der Waals surface area contributed by atoms with Crippen molar-refractivity contribution in [3.63, 3.8) is 0 Å². The van der Waals surface area contributed by atoms with Crippen molar-refractivity contribution < 1.29 is 4.79 Å². The highest BCUT2D eigenvalue weighted by molar-refractivity contribution is 6.33. The van der Waals surface area contributed by atoms with E-state index in [1.54, 1.807) is 42.7 Å². The molecular formula is C13H10ClN3O. The van der Waals surface area contributed by atoms with E-state index in [1.807, 2.05) is 6.07 Å². The van der Waals surface area contributed by atoms with Crippen molar-refractivity contribution in [2.24, 2.45) is 5.10 Å². The summed E-state index contributed by atoms with van der Waals surface area (Å²) in [6.45, 7) is 0. The molecule has 5 heteroatoms. The zero-order chi connectivity index (χ0) is 12.8. The summed E-state index contributed by atoms with van der Waals surface area (Å²) in [7, 11) is 0. The lowest BCUT2D eigenvalue weighted by atomic mass is 10.2. The Kier molecular flexibility index (Phi) is 4.04. The molecule has 1 N–H and O–H groups in total. The molecule has 4 nitrogen and oxygen atoms in total. The largest absolute Gasteiger partial charge is 0.272 e. The van der Waals surface area contributed by atoms with E-state index in [9.17, 15) is 4.79 Å². The highest BCUT2D eigenvalue weighted by Crippen LogP contribution is 2.14. The van der Waals surface area contributed by atoms with Gasteiger partial charge in [0.2, 0.25) is 0 Å². The third kappa shape index (κ3) is 3.15. The molecule has 0 saturated carbocycles. The van der Waals surface area contributed by atoms with Crippen LogP contribution in [0.4, 0.5) is 0 Å². The SMILES string of the molecule is O=C(N/N=C\c1cccnc1)c1ccccc1Cl. The molecule has 2 rings (SSSR count). The predicted octanol–water partition coefficient (Wildman–Crippen LogP) is 2.50. The first kappa shape index (κ1) is 12.3. The van der Waals surface area contributed by atoms with Crippen LogP contribution in [-0.4, -0.2) is 17.1 Å². The number of halogens is 1. The minimum absolute atomic E-state index is 0.347. The van der Waals surface area contributed by atoms with E-state index in [-0.39, 0.29) is 5.91 Å². The molecule has 0 radical (unpaired) electrons. The van der Waals surface area contributed by atoms with Crippen molar-refractivity contribution in [1.82, 2.24) is 10.4 Å². The number of carbonyl (C=O) groups excluding carboxylic acids is 1. The van der Waals surface area contributed by atoms with Gasteiger partial charge >= 0.3 is 0 Å². The van der Waals surface area contributed by atoms with E-state index < -0.39 is 0 Å². The summed E-state index contributed by atoms with van der Waals surface area (Å²) >= 11 is 5.89. The molecule has 0 aliphatic rings. The van der Waals surface area contributed by atoms with Crippen molar-refractivity contribution in [1.29, 1.82) is 0 Å². The van der Waals surface area contributed by atoms with E-state index in [0.29, 0.717) is 10.6 Å². The first-order chi connectivity index (χ1) is 8.77. The number of amides is 1. The average Bonchev–Trinajstić information content (AvgIpc) is 2.40. The van der Waals surface area contributed by atoms with Crippen LogP contribution in [0.5, 0.6) is 0 Å². The molecule has 0 saturated heterocycles. The maximum absolute atomic E-state index is 11.7. The summed E-state index contributed by atoms with van der Waals surface area (Å²) in [4.78, 5) is 15.7. The summed E-state index contributed by atoms with van der Waals surface area (Å²) in [5.41, 5.74) is 3.60. The van der Waals surface area contributed by atoms with E-state index in [0.717, 1.165) is 5.56 Å². The summed E-state index contributed by atoms with van der Waals surface area (Å²) in [6.07, 6.45) is 4.83. The van der Waals surface area contributed by atoms with E-state index in [1.165, 1.54) is 6.21 Å². The van der Waals surface area contributed by atoms with Gasteiger partial charge in [0.1, 0.15) is 0 Å². The molecule has 18 heavy (non-hydrogen) atoms. The maximum Gasteiger partial charge on any atom is 0.272 e. The van der Waals surface area contributed by atoms with Crippen molar-refractivity contribution in [2.75, 3.05) is 0 Å². The third-order valence-electron chi connectivity index (χ3n) is 2.18. The Morgan fingerprint density at radius 3 is 2.83 bits per heavy atom. The summed E-state index contributed by atoms with van der Waals surface area (Å²) in [5.74, 6) is -0.347. The van der Waals surface area contributed by atoms with Crippen LogP contribution >= 0.6 is 11.6 Å². The predicted molar refractivity (Wildman–Crippen MR) is 70.7 cm³/mol. The van der Waals surface area contributed by atoms with Crippen LogP contribution in [0.2, 0.25) is 5.02 Å². The Morgan fingerprint density at radius 1 is 1.28 bits per heavy atom. The highest BCUT2D eigenvalue weighted by atomic mass is 35.5. The molecule has 0 atom stereocenters. The number of hydrogen-bond donors (Lipinski definition) is 1. The number of benzene rings is 1. The standard InChI is InChI=1S/C13H10ClN3O/c14-12-6-2-1-5-11(12)13(18)17-16-9-10-4-3-7-15-8-10/h1-9H,(H,17,18)/b16-9-. The number of nitrogens with one attached hydrogen (secondary N) is 1. The summed E-state index contributed by atoms with van der Waals surface area (Å²) in [5, 5.41) is 4.23. The fourth-order valence-electron chi connectivity index (χ4n) is 1.32. The zero-order valence-electron chi connectivity index (χ0n) is 9.38. The second kappa shape index (κ2) is 5.93. The van der Waals surface area contributed by atoms with E-state index >= 15 is 0 Å². The van der Waals surface area contributed by atoms with Gasteiger partial charge in [0.05, 0.1) is 16.8 Å². The van der Waals surface area contributed by atoms with Gasteiger partial charge in [0.25, 0.3) is 5.91 Å². The van der Waals surface area contributed by atoms with Gasteiger partial charge < -0.3 is 0 Å².